The Morgan fingerprint density at radius 1 is 1.22 bits per heavy atom. The molecule has 1 saturated carbocycles. The van der Waals surface area contributed by atoms with Gasteiger partial charge in [0.15, 0.2) is 5.82 Å². The lowest BCUT2D eigenvalue weighted by atomic mass is 9.85. The Morgan fingerprint density at radius 2 is 2.00 bits per heavy atom. The van der Waals surface area contributed by atoms with Gasteiger partial charge in [0.05, 0.1) is 5.56 Å². The van der Waals surface area contributed by atoms with Crippen molar-refractivity contribution >= 4 is 5.91 Å². The number of carbonyl (C=O) groups excluding carboxylic acids is 1. The van der Waals surface area contributed by atoms with Crippen molar-refractivity contribution in [1.82, 2.24) is 19.6 Å². The van der Waals surface area contributed by atoms with Crippen LogP contribution >= 0.6 is 0 Å². The Bertz CT molecular complexity index is 693. The van der Waals surface area contributed by atoms with Crippen LogP contribution in [0.1, 0.15) is 66.0 Å². The van der Waals surface area contributed by atoms with Gasteiger partial charge in [-0.2, -0.15) is 4.98 Å². The predicted octanol–water partition coefficient (Wildman–Crippen LogP) is 2.70. The first kappa shape index (κ1) is 14.5. The normalized spacial score (nSPS) is 19.8. The van der Waals surface area contributed by atoms with Crippen LogP contribution in [-0.2, 0) is 7.05 Å². The lowest BCUT2D eigenvalue weighted by molar-refractivity contribution is 0.0704. The molecule has 122 valence electrons. The van der Waals surface area contributed by atoms with Gasteiger partial charge in [-0.3, -0.25) is 4.79 Å². The predicted molar refractivity (Wildman–Crippen MR) is 84.2 cm³/mol. The number of carbonyl (C=O) groups is 1. The van der Waals surface area contributed by atoms with Crippen LogP contribution in [0.3, 0.4) is 0 Å². The van der Waals surface area contributed by atoms with E-state index in [0.29, 0.717) is 5.92 Å². The Morgan fingerprint density at radius 3 is 2.61 bits per heavy atom. The zero-order valence-electron chi connectivity index (χ0n) is 13.4. The van der Waals surface area contributed by atoms with E-state index in [2.05, 4.69) is 10.1 Å². The smallest absolute Gasteiger partial charge is 0.255 e. The highest BCUT2D eigenvalue weighted by Gasteiger charge is 2.30. The van der Waals surface area contributed by atoms with E-state index in [1.54, 1.807) is 0 Å². The average molecular weight is 314 g/mol. The van der Waals surface area contributed by atoms with E-state index in [-0.39, 0.29) is 11.8 Å². The highest BCUT2D eigenvalue weighted by atomic mass is 16.5. The maximum atomic E-state index is 12.5. The van der Waals surface area contributed by atoms with E-state index in [1.165, 1.54) is 19.3 Å². The number of aryl methyl sites for hydroxylation is 1. The van der Waals surface area contributed by atoms with Gasteiger partial charge in [-0.25, -0.2) is 0 Å². The van der Waals surface area contributed by atoms with E-state index < -0.39 is 0 Å². The second kappa shape index (κ2) is 5.83. The van der Waals surface area contributed by atoms with Crippen molar-refractivity contribution in [2.75, 3.05) is 13.1 Å². The van der Waals surface area contributed by atoms with Crippen molar-refractivity contribution in [2.45, 2.75) is 43.9 Å². The van der Waals surface area contributed by atoms with E-state index in [4.69, 9.17) is 4.52 Å². The zero-order valence-corrected chi connectivity index (χ0v) is 13.4. The summed E-state index contributed by atoms with van der Waals surface area (Å²) in [6, 6.07) is 1.87. The second-order valence-corrected chi connectivity index (χ2v) is 6.75. The molecular formula is C17H22N4O2. The Kier molecular flexibility index (Phi) is 3.67. The van der Waals surface area contributed by atoms with Crippen molar-refractivity contribution in [3.8, 4) is 0 Å². The molecule has 1 aliphatic heterocycles. The van der Waals surface area contributed by atoms with E-state index in [1.807, 2.05) is 35.0 Å². The third-order valence-electron chi connectivity index (χ3n) is 5.14. The number of hydrogen-bond acceptors (Lipinski definition) is 4. The van der Waals surface area contributed by atoms with Gasteiger partial charge in [0.25, 0.3) is 5.91 Å². The van der Waals surface area contributed by atoms with Crippen molar-refractivity contribution in [2.24, 2.45) is 7.05 Å². The van der Waals surface area contributed by atoms with Crippen molar-refractivity contribution in [3.05, 3.63) is 35.7 Å². The molecule has 0 N–H and O–H groups in total. The summed E-state index contributed by atoms with van der Waals surface area (Å²) in [6.07, 6.45) is 9.20. The molecule has 2 aliphatic rings. The molecule has 0 bridgehead atoms. The maximum Gasteiger partial charge on any atom is 0.255 e. The van der Waals surface area contributed by atoms with Crippen LogP contribution < -0.4 is 0 Å². The highest BCUT2D eigenvalue weighted by Crippen LogP contribution is 2.36. The first-order chi connectivity index (χ1) is 11.2. The monoisotopic (exact) mass is 314 g/mol. The molecule has 1 aliphatic carbocycles. The molecule has 0 spiro atoms. The Balaban J connectivity index is 1.37. The molecule has 6 nitrogen and oxygen atoms in total. The van der Waals surface area contributed by atoms with Gasteiger partial charge in [0.1, 0.15) is 0 Å². The first-order valence-corrected chi connectivity index (χ1v) is 8.45. The fourth-order valence-electron chi connectivity index (χ4n) is 3.39. The summed E-state index contributed by atoms with van der Waals surface area (Å²) in [7, 11) is 1.93. The fraction of sp³-hybridized carbons (Fsp3) is 0.588. The second-order valence-electron chi connectivity index (χ2n) is 6.75. The van der Waals surface area contributed by atoms with E-state index >= 15 is 0 Å². The molecule has 1 saturated heterocycles. The average Bonchev–Trinajstić information content (AvgIpc) is 3.15. The summed E-state index contributed by atoms with van der Waals surface area (Å²) in [6.45, 7) is 1.50. The van der Waals surface area contributed by atoms with Gasteiger partial charge in [-0.1, -0.05) is 11.6 Å². The lowest BCUT2D eigenvalue weighted by Crippen LogP contribution is -2.37. The molecule has 0 aromatic carbocycles. The largest absolute Gasteiger partial charge is 0.356 e. The van der Waals surface area contributed by atoms with Crippen LogP contribution in [0.15, 0.2) is 23.0 Å². The SMILES string of the molecule is Cn1ccc(C(=O)N2CCC(c3nc(C4CCC4)no3)CC2)c1. The molecule has 0 radical (unpaired) electrons. The van der Waals surface area contributed by atoms with Crippen molar-refractivity contribution in [1.29, 1.82) is 0 Å². The number of piperidine rings is 1. The molecule has 2 aromatic heterocycles. The molecule has 1 amide bonds. The molecule has 2 aromatic rings. The first-order valence-electron chi connectivity index (χ1n) is 8.45. The number of amides is 1. The zero-order chi connectivity index (χ0) is 15.8. The van der Waals surface area contributed by atoms with E-state index in [9.17, 15) is 4.79 Å². The molecule has 6 heteroatoms. The third kappa shape index (κ3) is 2.78. The Labute approximate surface area is 135 Å². The van der Waals surface area contributed by atoms with Crippen LogP contribution in [0.2, 0.25) is 0 Å². The maximum absolute atomic E-state index is 12.5. The molecule has 23 heavy (non-hydrogen) atoms. The summed E-state index contributed by atoms with van der Waals surface area (Å²) in [5.74, 6) is 2.56. The van der Waals surface area contributed by atoms with Crippen molar-refractivity contribution < 1.29 is 9.32 Å². The van der Waals surface area contributed by atoms with Gasteiger partial charge in [-0.05, 0) is 31.7 Å². The molecule has 4 rings (SSSR count). The van der Waals surface area contributed by atoms with Crippen LogP contribution in [0, 0.1) is 0 Å². The standard InChI is InChI=1S/C17H22N4O2/c1-20-8-5-14(11-20)17(22)21-9-6-13(7-10-21)16-18-15(19-23-16)12-3-2-4-12/h5,8,11-13H,2-4,6-7,9-10H2,1H3. The van der Waals surface area contributed by atoms with Crippen LogP contribution in [-0.4, -0.2) is 38.6 Å². The summed E-state index contributed by atoms with van der Waals surface area (Å²) >= 11 is 0. The van der Waals surface area contributed by atoms with Gasteiger partial charge >= 0.3 is 0 Å². The summed E-state index contributed by atoms with van der Waals surface area (Å²) < 4.78 is 7.38. The highest BCUT2D eigenvalue weighted by molar-refractivity contribution is 5.94. The lowest BCUT2D eigenvalue weighted by Gasteiger charge is -2.30. The van der Waals surface area contributed by atoms with E-state index in [0.717, 1.165) is 43.2 Å². The Hall–Kier alpha value is -2.11. The number of rotatable bonds is 3. The van der Waals surface area contributed by atoms with Gasteiger partial charge in [0.2, 0.25) is 5.89 Å². The molecule has 3 heterocycles. The summed E-state index contributed by atoms with van der Waals surface area (Å²) in [5.41, 5.74) is 0.760. The van der Waals surface area contributed by atoms with Crippen LogP contribution in [0.25, 0.3) is 0 Å². The fourth-order valence-corrected chi connectivity index (χ4v) is 3.39. The topological polar surface area (TPSA) is 64.2 Å². The van der Waals surface area contributed by atoms with Gasteiger partial charge in [-0.15, -0.1) is 0 Å². The molecule has 0 unspecified atom stereocenters. The quantitative estimate of drug-likeness (QED) is 0.874. The minimum absolute atomic E-state index is 0.115. The van der Waals surface area contributed by atoms with Crippen molar-refractivity contribution in [3.63, 3.8) is 0 Å². The molecule has 0 atom stereocenters. The van der Waals surface area contributed by atoms with Crippen LogP contribution in [0.5, 0.6) is 0 Å². The van der Waals surface area contributed by atoms with Gasteiger partial charge in [0, 0.05) is 44.4 Å². The summed E-state index contributed by atoms with van der Waals surface area (Å²) in [4.78, 5) is 19.0. The van der Waals surface area contributed by atoms with Crippen LogP contribution in [0.4, 0.5) is 0 Å². The summed E-state index contributed by atoms with van der Waals surface area (Å²) in [5, 5.41) is 4.15. The number of aromatic nitrogens is 3. The minimum atomic E-state index is 0.115. The van der Waals surface area contributed by atoms with Gasteiger partial charge < -0.3 is 14.0 Å². The molecular weight excluding hydrogens is 292 g/mol. The third-order valence-corrected chi connectivity index (χ3v) is 5.14. The number of hydrogen-bond donors (Lipinski definition) is 0. The number of likely N-dealkylation sites (tertiary alicyclic amines) is 1. The molecule has 2 fully saturated rings. The minimum Gasteiger partial charge on any atom is -0.356 e. The number of nitrogens with zero attached hydrogens (tertiary/aromatic N) is 4.